The molecule has 0 aromatic heterocycles. The third-order valence-electron chi connectivity index (χ3n) is 5.50. The van der Waals surface area contributed by atoms with Crippen LogP contribution in [0.15, 0.2) is 24.3 Å². The van der Waals surface area contributed by atoms with Crippen molar-refractivity contribution in [1.82, 2.24) is 0 Å². The number of rotatable bonds is 8. The van der Waals surface area contributed by atoms with E-state index in [1.165, 1.54) is 54.2 Å². The third kappa shape index (κ3) is 5.41. The first-order chi connectivity index (χ1) is 18.1. The Bertz CT molecular complexity index is 1310. The van der Waals surface area contributed by atoms with Gasteiger partial charge in [0.1, 0.15) is 12.0 Å². The molecule has 2 aromatic rings. The molecule has 1 aliphatic heterocycles. The summed E-state index contributed by atoms with van der Waals surface area (Å²) in [5.41, 5.74) is 1.17. The van der Waals surface area contributed by atoms with Crippen LogP contribution in [0.4, 0.5) is 0 Å². The molecule has 2 unspecified atom stereocenters. The number of hydrogen-bond donors (Lipinski definition) is 0. The van der Waals surface area contributed by atoms with E-state index in [0.29, 0.717) is 11.1 Å². The van der Waals surface area contributed by atoms with Gasteiger partial charge in [-0.15, -0.1) is 0 Å². The molecule has 11 nitrogen and oxygen atoms in total. The summed E-state index contributed by atoms with van der Waals surface area (Å²) in [4.78, 5) is 48.6. The molecular weight excluding hydrogens is 500 g/mol. The molecule has 2 aromatic carbocycles. The predicted molar refractivity (Wildman–Crippen MR) is 133 cm³/mol. The van der Waals surface area contributed by atoms with E-state index in [0.717, 1.165) is 0 Å². The fourth-order valence-corrected chi connectivity index (χ4v) is 4.22. The lowest BCUT2D eigenvalue weighted by Gasteiger charge is -2.22. The number of fused-ring (bicyclic) bond motifs is 1. The van der Waals surface area contributed by atoms with Crippen molar-refractivity contribution in [1.29, 1.82) is 0 Å². The Balaban J connectivity index is 2.32. The highest BCUT2D eigenvalue weighted by Gasteiger charge is 2.46. The lowest BCUT2D eigenvalue weighted by atomic mass is 9.89. The summed E-state index contributed by atoms with van der Waals surface area (Å²) >= 11 is 0. The average Bonchev–Trinajstić information content (AvgIpc) is 3.23. The van der Waals surface area contributed by atoms with Crippen molar-refractivity contribution in [3.05, 3.63) is 41.0 Å². The quantitative estimate of drug-likeness (QED) is 0.365. The molecule has 0 amide bonds. The summed E-state index contributed by atoms with van der Waals surface area (Å²) in [6, 6.07) is 4.57. The Labute approximate surface area is 219 Å². The molecule has 0 saturated carbocycles. The molecule has 202 valence electrons. The fraction of sp³-hybridized carbons (Fsp3) is 0.333. The molecule has 0 bridgehead atoms. The third-order valence-corrected chi connectivity index (χ3v) is 5.50. The second kappa shape index (κ2) is 11.7. The monoisotopic (exact) mass is 528 g/mol. The van der Waals surface area contributed by atoms with Crippen LogP contribution >= 0.6 is 0 Å². The first-order valence-corrected chi connectivity index (χ1v) is 11.5. The smallest absolute Gasteiger partial charge is 0.317 e. The van der Waals surface area contributed by atoms with Gasteiger partial charge in [0.2, 0.25) is 11.5 Å². The van der Waals surface area contributed by atoms with Crippen LogP contribution in [-0.2, 0) is 23.9 Å². The maximum atomic E-state index is 13.1. The lowest BCUT2D eigenvalue weighted by molar-refractivity contribution is -0.144. The van der Waals surface area contributed by atoms with Crippen molar-refractivity contribution in [3.8, 4) is 34.5 Å². The molecule has 1 aliphatic rings. The number of carbonyl (C=O) groups excluding carboxylic acids is 4. The van der Waals surface area contributed by atoms with E-state index in [4.69, 9.17) is 33.2 Å². The molecule has 11 heteroatoms. The average molecular weight is 529 g/mol. The molecule has 1 heterocycles. The SMILES string of the molecule is CC=Cc1cc2c(c(OC(C)=O)c1OC)OC(c1ccc(OC(C)=O)c(OC(C)=O)c1OC)C2C(=O)OC. The number of hydrogen-bond acceptors (Lipinski definition) is 11. The van der Waals surface area contributed by atoms with Crippen LogP contribution < -0.4 is 28.4 Å². The van der Waals surface area contributed by atoms with Gasteiger partial charge < -0.3 is 33.2 Å². The van der Waals surface area contributed by atoms with Crippen LogP contribution in [0.5, 0.6) is 34.5 Å². The van der Waals surface area contributed by atoms with Crippen LogP contribution in [0.1, 0.15) is 56.4 Å². The number of esters is 4. The zero-order valence-electron chi connectivity index (χ0n) is 22.0. The van der Waals surface area contributed by atoms with Crippen molar-refractivity contribution in [2.24, 2.45) is 0 Å². The second-order valence-corrected chi connectivity index (χ2v) is 8.08. The van der Waals surface area contributed by atoms with Gasteiger partial charge in [-0.05, 0) is 25.1 Å². The van der Waals surface area contributed by atoms with Gasteiger partial charge in [0, 0.05) is 37.5 Å². The molecule has 2 atom stereocenters. The van der Waals surface area contributed by atoms with Gasteiger partial charge >= 0.3 is 23.9 Å². The van der Waals surface area contributed by atoms with Crippen LogP contribution in [0.3, 0.4) is 0 Å². The summed E-state index contributed by atoms with van der Waals surface area (Å²) in [6.45, 7) is 5.37. The van der Waals surface area contributed by atoms with E-state index in [1.54, 1.807) is 25.1 Å². The fourth-order valence-electron chi connectivity index (χ4n) is 4.22. The first-order valence-electron chi connectivity index (χ1n) is 11.5. The Morgan fingerprint density at radius 2 is 1.39 bits per heavy atom. The topological polar surface area (TPSA) is 133 Å². The Morgan fingerprint density at radius 3 is 1.92 bits per heavy atom. The molecule has 0 spiro atoms. The maximum absolute atomic E-state index is 13.1. The van der Waals surface area contributed by atoms with Gasteiger partial charge in [-0.2, -0.15) is 0 Å². The second-order valence-electron chi connectivity index (χ2n) is 8.08. The van der Waals surface area contributed by atoms with Gasteiger partial charge in [-0.1, -0.05) is 12.2 Å². The zero-order valence-corrected chi connectivity index (χ0v) is 22.0. The minimum atomic E-state index is -1.09. The van der Waals surface area contributed by atoms with Crippen molar-refractivity contribution in [3.63, 3.8) is 0 Å². The van der Waals surface area contributed by atoms with Crippen molar-refractivity contribution >= 4 is 30.0 Å². The number of carbonyl (C=O) groups is 4. The van der Waals surface area contributed by atoms with Crippen LogP contribution in [-0.4, -0.2) is 45.2 Å². The van der Waals surface area contributed by atoms with Crippen molar-refractivity contribution in [2.75, 3.05) is 21.3 Å². The summed E-state index contributed by atoms with van der Waals surface area (Å²) in [5, 5.41) is 0. The van der Waals surface area contributed by atoms with E-state index in [1.807, 2.05) is 0 Å². The van der Waals surface area contributed by atoms with Gasteiger partial charge in [0.05, 0.1) is 21.3 Å². The Morgan fingerprint density at radius 1 is 0.789 bits per heavy atom. The van der Waals surface area contributed by atoms with Crippen molar-refractivity contribution in [2.45, 2.75) is 39.7 Å². The van der Waals surface area contributed by atoms with Crippen LogP contribution in [0, 0.1) is 0 Å². The molecule has 0 saturated heterocycles. The maximum Gasteiger partial charge on any atom is 0.317 e. The van der Waals surface area contributed by atoms with E-state index < -0.39 is 35.9 Å². The Hall–Kier alpha value is -4.54. The molecule has 3 rings (SSSR count). The normalized spacial score (nSPS) is 15.8. The van der Waals surface area contributed by atoms with Gasteiger partial charge in [0.25, 0.3) is 0 Å². The molecule has 38 heavy (non-hydrogen) atoms. The molecule has 0 N–H and O–H groups in total. The largest absolute Gasteiger partial charge is 0.492 e. The summed E-state index contributed by atoms with van der Waals surface area (Å²) in [6.07, 6.45) is 2.39. The highest BCUT2D eigenvalue weighted by atomic mass is 16.6. The molecule has 0 aliphatic carbocycles. The van der Waals surface area contributed by atoms with E-state index in [-0.39, 0.29) is 40.1 Å². The highest BCUT2D eigenvalue weighted by Crippen LogP contribution is 2.57. The van der Waals surface area contributed by atoms with E-state index in [2.05, 4.69) is 0 Å². The van der Waals surface area contributed by atoms with Gasteiger partial charge in [-0.3, -0.25) is 19.2 Å². The summed E-state index contributed by atoms with van der Waals surface area (Å²) in [5.74, 6) is -3.67. The van der Waals surface area contributed by atoms with E-state index in [9.17, 15) is 19.2 Å². The standard InChI is InChI=1S/C27H28O11/c1-8-9-16-12-18-20(27(31)34-7)22(38-24(18)26(21(16)32-5)37-15(4)30)17-10-11-19(35-13(2)28)25(23(17)33-6)36-14(3)29/h8-12,20,22H,1-7H3. The Kier molecular flexibility index (Phi) is 8.61. The number of allylic oxidation sites excluding steroid dienone is 1. The molecule has 0 fully saturated rings. The molecular formula is C27H28O11. The van der Waals surface area contributed by atoms with Crippen LogP contribution in [0.2, 0.25) is 0 Å². The van der Waals surface area contributed by atoms with Crippen molar-refractivity contribution < 1.29 is 52.3 Å². The number of ether oxygens (including phenoxy) is 7. The van der Waals surface area contributed by atoms with Crippen LogP contribution in [0.25, 0.3) is 6.08 Å². The van der Waals surface area contributed by atoms with Gasteiger partial charge in [0.15, 0.2) is 23.0 Å². The molecule has 0 radical (unpaired) electrons. The summed E-state index contributed by atoms with van der Waals surface area (Å²) < 4.78 is 38.4. The first kappa shape index (κ1) is 28.0. The highest BCUT2D eigenvalue weighted by molar-refractivity contribution is 5.86. The predicted octanol–water partition coefficient (Wildman–Crippen LogP) is 3.90. The summed E-state index contributed by atoms with van der Waals surface area (Å²) in [7, 11) is 3.95. The number of benzene rings is 2. The minimum absolute atomic E-state index is 0.0136. The number of methoxy groups -OCH3 is 3. The minimum Gasteiger partial charge on any atom is -0.492 e. The van der Waals surface area contributed by atoms with Gasteiger partial charge in [-0.25, -0.2) is 0 Å². The lowest BCUT2D eigenvalue weighted by Crippen LogP contribution is -2.21. The van der Waals surface area contributed by atoms with E-state index >= 15 is 0 Å². The zero-order chi connectivity index (χ0) is 28.1.